The zero-order valence-corrected chi connectivity index (χ0v) is 27.8. The van der Waals surface area contributed by atoms with Crippen molar-refractivity contribution in [1.82, 2.24) is 19.9 Å². The molecule has 0 aliphatic heterocycles. The number of nitrogens with zero attached hydrogens (tertiary/aromatic N) is 2. The molecule has 0 atom stereocenters. The number of thioether (sulfide) groups is 2. The van der Waals surface area contributed by atoms with Crippen LogP contribution in [0.1, 0.15) is 29.8 Å². The molecule has 244 valence electrons. The Morgan fingerprint density at radius 3 is 1.44 bits per heavy atom. The predicted molar refractivity (Wildman–Crippen MR) is 190 cm³/mol. The second-order valence-electron chi connectivity index (χ2n) is 10.5. The number of ketones is 1. The number of carbonyl (C=O) groups is 3. The van der Waals surface area contributed by atoms with Gasteiger partial charge in [0.2, 0.25) is 11.8 Å². The molecule has 48 heavy (non-hydrogen) atoms. The molecule has 13 heteroatoms. The molecular weight excluding hydrogens is 649 g/mol. The number of fused-ring (bicyclic) bond motifs is 2. The molecule has 0 unspecified atom stereocenters. The van der Waals surface area contributed by atoms with Gasteiger partial charge in [-0.1, -0.05) is 23.5 Å². The van der Waals surface area contributed by atoms with Crippen molar-refractivity contribution in [1.29, 1.82) is 0 Å². The maximum atomic E-state index is 13.1. The van der Waals surface area contributed by atoms with E-state index in [9.17, 15) is 14.4 Å². The molecule has 0 saturated carbocycles. The normalized spacial score (nSPS) is 11.0. The van der Waals surface area contributed by atoms with Crippen LogP contribution in [0.5, 0.6) is 11.5 Å². The van der Waals surface area contributed by atoms with Crippen molar-refractivity contribution in [2.24, 2.45) is 0 Å². The van der Waals surface area contributed by atoms with E-state index in [1.54, 1.807) is 48.5 Å². The summed E-state index contributed by atoms with van der Waals surface area (Å²) in [5, 5.41) is 6.98. The summed E-state index contributed by atoms with van der Waals surface area (Å²) in [6.07, 6.45) is 0. The summed E-state index contributed by atoms with van der Waals surface area (Å²) in [6.45, 7) is 5.01. The van der Waals surface area contributed by atoms with Crippen LogP contribution in [-0.2, 0) is 9.59 Å². The van der Waals surface area contributed by atoms with E-state index in [0.29, 0.717) is 46.0 Å². The summed E-state index contributed by atoms with van der Waals surface area (Å²) in [5.74, 6) is 1.28. The highest BCUT2D eigenvalue weighted by Crippen LogP contribution is 2.25. The Hall–Kier alpha value is -5.27. The minimum Gasteiger partial charge on any atom is -0.494 e. The molecular formula is C35H32N6O5S2. The molecule has 4 N–H and O–H groups in total. The number of anilines is 2. The molecule has 0 aliphatic carbocycles. The van der Waals surface area contributed by atoms with Crippen LogP contribution in [0, 0.1) is 0 Å². The van der Waals surface area contributed by atoms with E-state index in [4.69, 9.17) is 9.47 Å². The molecule has 2 aromatic heterocycles. The van der Waals surface area contributed by atoms with Crippen molar-refractivity contribution >= 4 is 74.6 Å². The van der Waals surface area contributed by atoms with Crippen LogP contribution in [0.15, 0.2) is 95.2 Å². The number of rotatable bonds is 14. The van der Waals surface area contributed by atoms with Crippen molar-refractivity contribution < 1.29 is 23.9 Å². The number of aromatic nitrogens is 4. The van der Waals surface area contributed by atoms with E-state index in [2.05, 4.69) is 30.6 Å². The Labute approximate surface area is 284 Å². The first-order chi connectivity index (χ1) is 23.4. The monoisotopic (exact) mass is 680 g/mol. The molecule has 2 heterocycles. The first-order valence-electron chi connectivity index (χ1n) is 15.2. The number of hydrogen-bond acceptors (Lipinski definition) is 9. The smallest absolute Gasteiger partial charge is 0.234 e. The third kappa shape index (κ3) is 8.17. The zero-order valence-electron chi connectivity index (χ0n) is 26.2. The van der Waals surface area contributed by atoms with Crippen molar-refractivity contribution in [3.63, 3.8) is 0 Å². The summed E-state index contributed by atoms with van der Waals surface area (Å²) in [7, 11) is 0. The van der Waals surface area contributed by atoms with E-state index >= 15 is 0 Å². The van der Waals surface area contributed by atoms with Crippen molar-refractivity contribution in [3.05, 3.63) is 96.1 Å². The molecule has 0 bridgehead atoms. The lowest BCUT2D eigenvalue weighted by Gasteiger charge is -2.07. The van der Waals surface area contributed by atoms with Crippen LogP contribution < -0.4 is 20.1 Å². The van der Waals surface area contributed by atoms with Gasteiger partial charge >= 0.3 is 0 Å². The largest absolute Gasteiger partial charge is 0.494 e. The van der Waals surface area contributed by atoms with E-state index < -0.39 is 0 Å². The Bertz CT molecular complexity index is 1930. The summed E-state index contributed by atoms with van der Waals surface area (Å²) in [5.41, 5.74) is 5.39. The van der Waals surface area contributed by atoms with Crippen LogP contribution in [-0.4, -0.2) is 62.3 Å². The maximum Gasteiger partial charge on any atom is 0.234 e. The molecule has 0 fully saturated rings. The molecule has 0 saturated heterocycles. The van der Waals surface area contributed by atoms with Gasteiger partial charge in [-0.2, -0.15) is 0 Å². The lowest BCUT2D eigenvalue weighted by atomic mass is 10.0. The Kier molecular flexibility index (Phi) is 10.3. The van der Waals surface area contributed by atoms with Crippen LogP contribution in [0.4, 0.5) is 11.4 Å². The van der Waals surface area contributed by atoms with Crippen LogP contribution in [0.3, 0.4) is 0 Å². The van der Waals surface area contributed by atoms with E-state index in [0.717, 1.165) is 33.6 Å². The highest BCUT2D eigenvalue weighted by molar-refractivity contribution is 8.00. The number of hydrogen-bond donors (Lipinski definition) is 4. The van der Waals surface area contributed by atoms with Gasteiger partial charge in [-0.3, -0.25) is 14.4 Å². The first kappa shape index (κ1) is 32.7. The summed E-state index contributed by atoms with van der Waals surface area (Å²) in [6, 6.07) is 24.7. The van der Waals surface area contributed by atoms with Crippen LogP contribution >= 0.6 is 23.5 Å². The van der Waals surface area contributed by atoms with Crippen LogP contribution in [0.2, 0.25) is 0 Å². The summed E-state index contributed by atoms with van der Waals surface area (Å²) < 4.78 is 11.1. The highest BCUT2D eigenvalue weighted by atomic mass is 32.2. The number of amides is 2. The quantitative estimate of drug-likeness (QED) is 0.0709. The number of imidazole rings is 2. The van der Waals surface area contributed by atoms with Gasteiger partial charge in [0.25, 0.3) is 0 Å². The third-order valence-electron chi connectivity index (χ3n) is 7.03. The van der Waals surface area contributed by atoms with Gasteiger partial charge < -0.3 is 30.1 Å². The van der Waals surface area contributed by atoms with E-state index in [1.165, 1.54) is 23.5 Å². The standard InChI is InChI=1S/C35H32N6O5S2/c1-3-45-25-13-15-27-29(17-25)40-34(38-27)47-19-31(42)36-23-9-5-21(6-10-23)33(44)22-7-11-24(12-8-22)37-32(43)20-48-35-39-28-16-14-26(46-4-2)18-30(28)41-35/h5-18H,3-4,19-20H2,1-2H3,(H,36,42)(H,37,43)(H,38,40)(H,39,41). The fraction of sp³-hybridized carbons (Fsp3) is 0.171. The maximum absolute atomic E-state index is 13.1. The van der Waals surface area contributed by atoms with Crippen molar-refractivity contribution in [3.8, 4) is 11.5 Å². The Balaban J connectivity index is 0.964. The second-order valence-corrected chi connectivity index (χ2v) is 12.4. The zero-order chi connectivity index (χ0) is 33.5. The topological polar surface area (TPSA) is 151 Å². The summed E-state index contributed by atoms with van der Waals surface area (Å²) >= 11 is 2.60. The number of carbonyl (C=O) groups excluding carboxylic acids is 3. The fourth-order valence-electron chi connectivity index (χ4n) is 4.82. The number of H-pyrrole nitrogens is 2. The summed E-state index contributed by atoms with van der Waals surface area (Å²) in [4.78, 5) is 53.7. The van der Waals surface area contributed by atoms with Gasteiger partial charge in [-0.25, -0.2) is 9.97 Å². The predicted octanol–water partition coefficient (Wildman–Crippen LogP) is 6.93. The lowest BCUT2D eigenvalue weighted by molar-refractivity contribution is -0.114. The van der Waals surface area contributed by atoms with Gasteiger partial charge in [0.1, 0.15) is 11.5 Å². The first-order valence-corrected chi connectivity index (χ1v) is 17.2. The van der Waals surface area contributed by atoms with Crippen molar-refractivity contribution in [2.45, 2.75) is 24.2 Å². The third-order valence-corrected chi connectivity index (χ3v) is 8.77. The van der Waals surface area contributed by atoms with Gasteiger partial charge in [0, 0.05) is 34.6 Å². The van der Waals surface area contributed by atoms with Gasteiger partial charge in [-0.15, -0.1) is 0 Å². The van der Waals surface area contributed by atoms with Gasteiger partial charge in [-0.05, 0) is 86.6 Å². The second kappa shape index (κ2) is 15.1. The molecule has 0 spiro atoms. The van der Waals surface area contributed by atoms with Gasteiger partial charge in [0.15, 0.2) is 16.1 Å². The average Bonchev–Trinajstić information content (AvgIpc) is 3.70. The average molecular weight is 681 g/mol. The lowest BCUT2D eigenvalue weighted by Crippen LogP contribution is -2.14. The number of aromatic amines is 2. The van der Waals surface area contributed by atoms with E-state index in [1.807, 2.05) is 50.2 Å². The SMILES string of the molecule is CCOc1ccc2nc(SCC(=O)Nc3ccc(C(=O)c4ccc(NC(=O)CSc5nc6ccc(OCC)cc6[nH]5)cc4)cc3)[nH]c2c1. The molecule has 4 aromatic carbocycles. The highest BCUT2D eigenvalue weighted by Gasteiger charge is 2.13. The Morgan fingerprint density at radius 2 is 1.04 bits per heavy atom. The minimum absolute atomic E-state index is 0.163. The van der Waals surface area contributed by atoms with Crippen LogP contribution in [0.25, 0.3) is 22.1 Å². The van der Waals surface area contributed by atoms with Gasteiger partial charge in [0.05, 0.1) is 46.8 Å². The molecule has 6 rings (SSSR count). The molecule has 6 aromatic rings. The molecule has 0 aliphatic rings. The molecule has 0 radical (unpaired) electrons. The van der Waals surface area contributed by atoms with Crippen molar-refractivity contribution in [2.75, 3.05) is 35.4 Å². The molecule has 11 nitrogen and oxygen atoms in total. The number of benzene rings is 4. The molecule has 2 amide bonds. The number of ether oxygens (including phenoxy) is 2. The Morgan fingerprint density at radius 1 is 0.625 bits per heavy atom. The van der Waals surface area contributed by atoms with E-state index in [-0.39, 0.29) is 29.1 Å². The minimum atomic E-state index is -0.195. The number of nitrogens with one attached hydrogen (secondary N) is 4. The fourth-order valence-corrected chi connectivity index (χ4v) is 6.19.